The maximum absolute atomic E-state index is 13.0. The number of aromatic amines is 1. The highest BCUT2D eigenvalue weighted by Gasteiger charge is 2.27. The molecular weight excluding hydrogens is 456 g/mol. The lowest BCUT2D eigenvalue weighted by atomic mass is 10.0. The van der Waals surface area contributed by atoms with Crippen LogP contribution in [0.15, 0.2) is 18.2 Å². The van der Waals surface area contributed by atoms with E-state index in [9.17, 15) is 14.7 Å². The van der Waals surface area contributed by atoms with Gasteiger partial charge in [0, 0.05) is 53.8 Å². The van der Waals surface area contributed by atoms with Gasteiger partial charge in [-0.3, -0.25) is 14.5 Å². The van der Waals surface area contributed by atoms with E-state index in [1.165, 1.54) is 0 Å². The first-order valence-electron chi connectivity index (χ1n) is 11.5. The molecule has 1 fully saturated rings. The fourth-order valence-corrected chi connectivity index (χ4v) is 4.97. The molecular formula is C25H31ClN4O4. The van der Waals surface area contributed by atoms with E-state index in [0.29, 0.717) is 39.8 Å². The highest BCUT2D eigenvalue weighted by molar-refractivity contribution is 6.36. The number of aliphatic hydroxyl groups excluding tert-OH is 1. The number of morpholine rings is 1. The molecule has 1 saturated heterocycles. The maximum Gasteiger partial charge on any atom is 0.256 e. The summed E-state index contributed by atoms with van der Waals surface area (Å²) in [4.78, 5) is 30.8. The number of aliphatic hydroxyl groups is 1. The third-order valence-corrected chi connectivity index (χ3v) is 6.45. The van der Waals surface area contributed by atoms with Crippen LogP contribution in [0.4, 0.5) is 5.69 Å². The minimum atomic E-state index is -0.689. The number of fused-ring (bicyclic) bond motifs is 1. The fourth-order valence-electron chi connectivity index (χ4n) is 4.80. The van der Waals surface area contributed by atoms with Crippen LogP contribution in [-0.4, -0.2) is 71.3 Å². The number of H-pyrrole nitrogens is 1. The number of anilines is 1. The van der Waals surface area contributed by atoms with Gasteiger partial charge in [0.1, 0.15) is 0 Å². The van der Waals surface area contributed by atoms with Crippen LogP contribution in [0.25, 0.3) is 11.6 Å². The van der Waals surface area contributed by atoms with Crippen LogP contribution in [0.5, 0.6) is 0 Å². The fraction of sp³-hybridized carbons (Fsp3) is 0.440. The summed E-state index contributed by atoms with van der Waals surface area (Å²) in [6, 6.07) is 5.24. The Labute approximate surface area is 204 Å². The molecule has 2 amide bonds. The van der Waals surface area contributed by atoms with E-state index in [1.807, 2.05) is 27.7 Å². The Bertz CT molecular complexity index is 1130. The minimum Gasteiger partial charge on any atom is -0.390 e. The molecule has 4 rings (SSSR count). The number of hydrogen-bond donors (Lipinski definition) is 4. The van der Waals surface area contributed by atoms with E-state index in [4.69, 9.17) is 16.3 Å². The normalized spacial score (nSPS) is 22.5. The number of carbonyl (C=O) groups is 2. The van der Waals surface area contributed by atoms with Crippen LogP contribution >= 0.6 is 11.6 Å². The van der Waals surface area contributed by atoms with Crippen molar-refractivity contribution >= 4 is 40.8 Å². The van der Waals surface area contributed by atoms with Crippen LogP contribution in [0.3, 0.4) is 0 Å². The van der Waals surface area contributed by atoms with Gasteiger partial charge in [-0.1, -0.05) is 11.6 Å². The highest BCUT2D eigenvalue weighted by Crippen LogP contribution is 2.35. The summed E-state index contributed by atoms with van der Waals surface area (Å²) in [6.45, 7) is 9.81. The molecule has 0 spiro atoms. The third-order valence-electron chi connectivity index (χ3n) is 6.22. The van der Waals surface area contributed by atoms with E-state index in [1.54, 1.807) is 24.3 Å². The lowest BCUT2D eigenvalue weighted by Crippen LogP contribution is -2.49. The Morgan fingerprint density at radius 1 is 1.32 bits per heavy atom. The third kappa shape index (κ3) is 5.20. The van der Waals surface area contributed by atoms with Gasteiger partial charge in [0.2, 0.25) is 0 Å². The average Bonchev–Trinajstić information content (AvgIpc) is 3.20. The van der Waals surface area contributed by atoms with E-state index in [0.717, 1.165) is 24.2 Å². The highest BCUT2D eigenvalue weighted by atomic mass is 35.5. The molecule has 1 aromatic heterocycles. The first-order valence-corrected chi connectivity index (χ1v) is 11.9. The molecule has 2 aliphatic heterocycles. The average molecular weight is 487 g/mol. The maximum atomic E-state index is 13.0. The van der Waals surface area contributed by atoms with Crippen molar-refractivity contribution in [3.05, 3.63) is 51.3 Å². The van der Waals surface area contributed by atoms with Gasteiger partial charge in [-0.15, -0.1) is 0 Å². The Morgan fingerprint density at radius 2 is 2.03 bits per heavy atom. The van der Waals surface area contributed by atoms with Crippen molar-refractivity contribution in [1.29, 1.82) is 0 Å². The lowest BCUT2D eigenvalue weighted by molar-refractivity contribution is -0.110. The predicted octanol–water partition coefficient (Wildman–Crippen LogP) is 2.98. The number of nitrogens with one attached hydrogen (secondary N) is 3. The molecule has 2 aromatic rings. The number of carbonyl (C=O) groups excluding carboxylic acids is 2. The van der Waals surface area contributed by atoms with Crippen molar-refractivity contribution in [3.63, 3.8) is 0 Å². The molecule has 34 heavy (non-hydrogen) atoms. The summed E-state index contributed by atoms with van der Waals surface area (Å²) in [5.41, 5.74) is 4.53. The molecule has 8 nitrogen and oxygen atoms in total. The zero-order valence-corrected chi connectivity index (χ0v) is 20.6. The Hall–Kier alpha value is -2.65. The quantitative estimate of drug-likeness (QED) is 0.470. The number of nitrogens with zero attached hydrogens (tertiary/aromatic N) is 1. The van der Waals surface area contributed by atoms with Crippen molar-refractivity contribution in [3.8, 4) is 0 Å². The molecule has 9 heteroatoms. The smallest absolute Gasteiger partial charge is 0.256 e. The van der Waals surface area contributed by atoms with Crippen molar-refractivity contribution in [1.82, 2.24) is 15.2 Å². The molecule has 4 N–H and O–H groups in total. The molecule has 0 bridgehead atoms. The Morgan fingerprint density at radius 3 is 2.74 bits per heavy atom. The summed E-state index contributed by atoms with van der Waals surface area (Å²) in [6.07, 6.45) is 1.29. The standard InChI is InChI=1S/C25H31ClN4O4/c1-13-10-30(11-14(2)34-13)12-18(31)9-27-25(33)23-15(3)22(28-16(23)4)8-20-19-7-17(26)5-6-21(19)29-24(20)32/h5-8,13-14,18,28,31H,9-12H2,1-4H3,(H,27,33)(H,29,32)/t13-,14+,18?. The van der Waals surface area contributed by atoms with Gasteiger partial charge in [-0.25, -0.2) is 0 Å². The number of β-amino-alcohol motifs (C(OH)–C–C–N with tert-alkyl or cyclic N) is 1. The second-order valence-electron chi connectivity index (χ2n) is 9.21. The van der Waals surface area contributed by atoms with E-state index >= 15 is 0 Å². The summed E-state index contributed by atoms with van der Waals surface area (Å²) in [7, 11) is 0. The topological polar surface area (TPSA) is 107 Å². The number of halogens is 1. The number of ether oxygens (including phenoxy) is 1. The molecule has 1 unspecified atom stereocenters. The summed E-state index contributed by atoms with van der Waals surface area (Å²) in [5.74, 6) is -0.484. The molecule has 2 aliphatic rings. The van der Waals surface area contributed by atoms with Gasteiger partial charge >= 0.3 is 0 Å². The molecule has 0 saturated carbocycles. The molecule has 3 atom stereocenters. The Balaban J connectivity index is 1.44. The number of amides is 2. The number of aromatic nitrogens is 1. The van der Waals surface area contributed by atoms with Crippen LogP contribution < -0.4 is 10.6 Å². The van der Waals surface area contributed by atoms with Gasteiger partial charge in [0.15, 0.2) is 0 Å². The first-order chi connectivity index (χ1) is 16.1. The van der Waals surface area contributed by atoms with Gasteiger partial charge in [0.05, 0.1) is 29.4 Å². The summed E-state index contributed by atoms with van der Waals surface area (Å²) >= 11 is 6.12. The number of rotatable bonds is 6. The van der Waals surface area contributed by atoms with E-state index in [2.05, 4.69) is 20.5 Å². The number of aryl methyl sites for hydroxylation is 1. The minimum absolute atomic E-state index is 0.119. The van der Waals surface area contributed by atoms with E-state index < -0.39 is 6.10 Å². The van der Waals surface area contributed by atoms with Gasteiger partial charge in [-0.05, 0) is 57.5 Å². The van der Waals surface area contributed by atoms with Crippen LogP contribution in [0.1, 0.15) is 46.7 Å². The molecule has 3 heterocycles. The Kier molecular flexibility index (Phi) is 7.14. The molecule has 0 aliphatic carbocycles. The van der Waals surface area contributed by atoms with Crippen LogP contribution in [0, 0.1) is 13.8 Å². The van der Waals surface area contributed by atoms with Gasteiger partial charge in [0.25, 0.3) is 11.8 Å². The SMILES string of the molecule is Cc1[nH]c(C=C2C(=O)Nc3ccc(Cl)cc32)c(C)c1C(=O)NCC(O)CN1C[C@@H](C)O[C@@H](C)C1. The van der Waals surface area contributed by atoms with Gasteiger partial charge < -0.3 is 25.5 Å². The second kappa shape index (κ2) is 9.92. The lowest BCUT2D eigenvalue weighted by Gasteiger charge is -2.36. The number of benzene rings is 1. The molecule has 0 radical (unpaired) electrons. The first kappa shape index (κ1) is 24.5. The zero-order valence-electron chi connectivity index (χ0n) is 19.9. The zero-order chi connectivity index (χ0) is 24.6. The largest absolute Gasteiger partial charge is 0.390 e. The van der Waals surface area contributed by atoms with Crippen LogP contribution in [0.2, 0.25) is 5.02 Å². The molecule has 1 aromatic carbocycles. The second-order valence-corrected chi connectivity index (χ2v) is 9.64. The summed E-state index contributed by atoms with van der Waals surface area (Å²) in [5, 5.41) is 16.7. The van der Waals surface area contributed by atoms with Crippen molar-refractivity contribution in [2.24, 2.45) is 0 Å². The van der Waals surface area contributed by atoms with Gasteiger partial charge in [-0.2, -0.15) is 0 Å². The molecule has 182 valence electrons. The number of hydrogen-bond acceptors (Lipinski definition) is 5. The van der Waals surface area contributed by atoms with Crippen LogP contribution in [-0.2, 0) is 9.53 Å². The van der Waals surface area contributed by atoms with Crippen molar-refractivity contribution in [2.45, 2.75) is 46.0 Å². The monoisotopic (exact) mass is 486 g/mol. The summed E-state index contributed by atoms with van der Waals surface area (Å²) < 4.78 is 5.73. The van der Waals surface area contributed by atoms with Crippen molar-refractivity contribution in [2.75, 3.05) is 31.5 Å². The predicted molar refractivity (Wildman–Crippen MR) is 133 cm³/mol. The van der Waals surface area contributed by atoms with E-state index in [-0.39, 0.29) is 30.6 Å². The van der Waals surface area contributed by atoms with Crippen molar-refractivity contribution < 1.29 is 19.4 Å².